The summed E-state index contributed by atoms with van der Waals surface area (Å²) < 4.78 is 13.8. The van der Waals surface area contributed by atoms with Gasteiger partial charge in [-0.15, -0.1) is 0 Å². The van der Waals surface area contributed by atoms with Crippen molar-refractivity contribution in [2.24, 2.45) is 0 Å². The second-order valence-corrected chi connectivity index (χ2v) is 11.7. The molecule has 0 radical (unpaired) electrons. The fourth-order valence-corrected chi connectivity index (χ4v) is 6.99. The maximum atomic E-state index is 6.96. The van der Waals surface area contributed by atoms with Gasteiger partial charge in [-0.1, -0.05) is 115 Å². The zero-order chi connectivity index (χ0) is 29.7. The molecule has 0 fully saturated rings. The minimum absolute atomic E-state index is 0.202. The predicted octanol–water partition coefficient (Wildman–Crippen LogP) is 11.3. The van der Waals surface area contributed by atoms with Gasteiger partial charge >= 0.3 is 0 Å². The Balaban J connectivity index is 1.26. The highest BCUT2D eigenvalue weighted by Gasteiger charge is 2.37. The van der Waals surface area contributed by atoms with Crippen LogP contribution in [0.15, 0.2) is 164 Å². The third kappa shape index (κ3) is 4.28. The quantitative estimate of drug-likeness (QED) is 0.203. The van der Waals surface area contributed by atoms with E-state index >= 15 is 0 Å². The Labute approximate surface area is 262 Å². The Bertz CT molecular complexity index is 2140. The molecule has 45 heavy (non-hydrogen) atoms. The Hall–Kier alpha value is -5.80. The Morgan fingerprint density at radius 3 is 1.82 bits per heavy atom. The zero-order valence-corrected chi connectivity index (χ0v) is 24.5. The van der Waals surface area contributed by atoms with Crippen LogP contribution in [0, 0.1) is 0 Å². The summed E-state index contributed by atoms with van der Waals surface area (Å²) in [5.41, 5.74) is 9.83. The van der Waals surface area contributed by atoms with E-state index in [1.165, 1.54) is 11.3 Å². The van der Waals surface area contributed by atoms with E-state index in [2.05, 4.69) is 126 Å². The molecule has 2 aliphatic heterocycles. The topological polar surface area (TPSA) is 21.7 Å². The summed E-state index contributed by atoms with van der Waals surface area (Å²) in [5.74, 6) is 3.46. The largest absolute Gasteiger partial charge is 0.456 e. The molecule has 0 N–H and O–H groups in total. The van der Waals surface area contributed by atoms with Crippen molar-refractivity contribution in [2.75, 3.05) is 4.90 Å². The minimum Gasteiger partial charge on any atom is -0.456 e. The van der Waals surface area contributed by atoms with Gasteiger partial charge in [0.15, 0.2) is 0 Å². The van der Waals surface area contributed by atoms with Crippen LogP contribution in [0.1, 0.15) is 11.5 Å². The number of rotatable bonds is 2. The monoisotopic (exact) mass is 579 g/mol. The van der Waals surface area contributed by atoms with Gasteiger partial charge in [0, 0.05) is 45.6 Å². The third-order valence-corrected chi connectivity index (χ3v) is 9.09. The first-order chi connectivity index (χ1) is 22.3. The molecule has 214 valence electrons. The number of hydrogen-bond acceptors (Lipinski definition) is 3. The number of para-hydroxylation sites is 3. The predicted molar refractivity (Wildman–Crippen MR) is 183 cm³/mol. The van der Waals surface area contributed by atoms with Crippen LogP contribution in [-0.2, 0) is 0 Å². The molecule has 9 rings (SSSR count). The number of ether oxygens (including phenoxy) is 2. The molecule has 0 amide bonds. The Kier molecular flexibility index (Phi) is 5.95. The van der Waals surface area contributed by atoms with Crippen LogP contribution in [-0.4, -0.2) is 6.04 Å². The van der Waals surface area contributed by atoms with Crippen molar-refractivity contribution in [1.82, 2.24) is 0 Å². The van der Waals surface area contributed by atoms with Gasteiger partial charge in [-0.2, -0.15) is 0 Å². The maximum absolute atomic E-state index is 6.96. The van der Waals surface area contributed by atoms with Gasteiger partial charge in [0.25, 0.3) is 0 Å². The van der Waals surface area contributed by atoms with Gasteiger partial charge in [-0.3, -0.25) is 0 Å². The maximum Gasteiger partial charge on any atom is 0.137 e. The van der Waals surface area contributed by atoms with Gasteiger partial charge in [-0.25, -0.2) is 0 Å². The normalized spacial score (nSPS) is 17.0. The van der Waals surface area contributed by atoms with Crippen molar-refractivity contribution in [3.05, 3.63) is 169 Å². The van der Waals surface area contributed by atoms with Crippen LogP contribution < -0.4 is 14.4 Å². The van der Waals surface area contributed by atoms with Crippen LogP contribution in [0.3, 0.4) is 0 Å². The van der Waals surface area contributed by atoms with E-state index in [0.29, 0.717) is 5.92 Å². The van der Waals surface area contributed by atoms with E-state index in [1.807, 2.05) is 42.5 Å². The van der Waals surface area contributed by atoms with Gasteiger partial charge in [-0.05, 0) is 59.2 Å². The molecule has 6 aromatic rings. The van der Waals surface area contributed by atoms with E-state index in [4.69, 9.17) is 9.47 Å². The molecule has 0 saturated heterocycles. The van der Waals surface area contributed by atoms with Crippen molar-refractivity contribution in [2.45, 2.75) is 12.0 Å². The average Bonchev–Trinajstić information content (AvgIpc) is 3.44. The van der Waals surface area contributed by atoms with E-state index in [9.17, 15) is 0 Å². The zero-order valence-electron chi connectivity index (χ0n) is 24.5. The van der Waals surface area contributed by atoms with Crippen LogP contribution in [0.4, 0.5) is 11.4 Å². The van der Waals surface area contributed by atoms with Gasteiger partial charge in [0.05, 0.1) is 6.04 Å². The fourth-order valence-electron chi connectivity index (χ4n) is 6.99. The first-order valence-corrected chi connectivity index (χ1v) is 15.4. The molecule has 2 heterocycles. The minimum atomic E-state index is 0.202. The molecule has 0 saturated carbocycles. The molecule has 1 aliphatic carbocycles. The highest BCUT2D eigenvalue weighted by molar-refractivity contribution is 5.86. The van der Waals surface area contributed by atoms with Crippen LogP contribution in [0.2, 0.25) is 0 Å². The number of benzene rings is 6. The number of fused-ring (bicyclic) bond motifs is 9. The second kappa shape index (κ2) is 10.4. The molecule has 2 atom stereocenters. The molecule has 0 spiro atoms. The Morgan fingerprint density at radius 1 is 0.444 bits per heavy atom. The SMILES string of the molecule is C1=CC2c3ccccc3N(c3ccc4c(c3)Oc3ccccc3-c3ccccc3Oc3cc(-c5ccccc5)ccc3-4)C2C=C1. The molecule has 3 heteroatoms. The van der Waals surface area contributed by atoms with Crippen LogP contribution in [0.25, 0.3) is 33.4 Å². The molecule has 6 aromatic carbocycles. The van der Waals surface area contributed by atoms with Crippen LogP contribution >= 0.6 is 0 Å². The van der Waals surface area contributed by atoms with Crippen molar-refractivity contribution >= 4 is 11.4 Å². The first-order valence-electron chi connectivity index (χ1n) is 15.4. The lowest BCUT2D eigenvalue weighted by Gasteiger charge is -2.30. The summed E-state index contributed by atoms with van der Waals surface area (Å²) >= 11 is 0. The highest BCUT2D eigenvalue weighted by Crippen LogP contribution is 2.51. The summed E-state index contributed by atoms with van der Waals surface area (Å²) in [4.78, 5) is 2.44. The first kappa shape index (κ1) is 25.7. The van der Waals surface area contributed by atoms with Crippen molar-refractivity contribution in [3.63, 3.8) is 0 Å². The highest BCUT2D eigenvalue weighted by atomic mass is 16.5. The fraction of sp³-hybridized carbons (Fsp3) is 0.0476. The van der Waals surface area contributed by atoms with Crippen LogP contribution in [0.5, 0.6) is 23.0 Å². The summed E-state index contributed by atoms with van der Waals surface area (Å²) in [6.07, 6.45) is 8.93. The molecular formula is C42H29NO2. The van der Waals surface area contributed by atoms with Crippen molar-refractivity contribution < 1.29 is 9.47 Å². The molecular weight excluding hydrogens is 550 g/mol. The summed E-state index contributed by atoms with van der Waals surface area (Å²) in [6, 6.07) is 48.9. The Morgan fingerprint density at radius 2 is 1.04 bits per heavy atom. The molecule has 0 aromatic heterocycles. The van der Waals surface area contributed by atoms with Crippen molar-refractivity contribution in [3.8, 4) is 56.4 Å². The second-order valence-electron chi connectivity index (χ2n) is 11.7. The third-order valence-electron chi connectivity index (χ3n) is 9.09. The lowest BCUT2D eigenvalue weighted by molar-refractivity contribution is 0.472. The number of hydrogen-bond donors (Lipinski definition) is 0. The average molecular weight is 580 g/mol. The molecule has 2 unspecified atom stereocenters. The van der Waals surface area contributed by atoms with Gasteiger partial charge in [0.1, 0.15) is 23.0 Å². The van der Waals surface area contributed by atoms with E-state index in [-0.39, 0.29) is 6.04 Å². The van der Waals surface area contributed by atoms with Crippen molar-refractivity contribution in [1.29, 1.82) is 0 Å². The standard InChI is InChI=1S/C42H29NO2/c1-2-12-28(13-3-1)29-22-24-35-36-25-23-30(43-37-18-8-4-14-31(37)32-15-5-9-19-38(32)43)27-42(36)45-40-21-11-7-17-34(40)33-16-6-10-20-39(33)44-41(35)26-29/h1-27,31,37H. The van der Waals surface area contributed by atoms with Gasteiger partial charge < -0.3 is 14.4 Å². The van der Waals surface area contributed by atoms with E-state index < -0.39 is 0 Å². The van der Waals surface area contributed by atoms with E-state index in [1.54, 1.807) is 0 Å². The number of nitrogens with zero attached hydrogens (tertiary/aromatic N) is 1. The smallest absolute Gasteiger partial charge is 0.137 e. The summed E-state index contributed by atoms with van der Waals surface area (Å²) in [6.45, 7) is 0. The molecule has 0 bridgehead atoms. The molecule has 3 nitrogen and oxygen atoms in total. The summed E-state index contributed by atoms with van der Waals surface area (Å²) in [7, 11) is 0. The number of allylic oxidation sites excluding steroid dienone is 2. The lowest BCUT2D eigenvalue weighted by Crippen LogP contribution is -2.28. The summed E-state index contributed by atoms with van der Waals surface area (Å²) in [5, 5.41) is 0. The number of anilines is 2. The lowest BCUT2D eigenvalue weighted by atomic mass is 9.91. The van der Waals surface area contributed by atoms with Gasteiger partial charge in [0.2, 0.25) is 0 Å². The molecule has 3 aliphatic rings. The van der Waals surface area contributed by atoms with E-state index in [0.717, 1.165) is 62.1 Å².